The molecule has 1 fully saturated rings. The van der Waals surface area contributed by atoms with Gasteiger partial charge in [0.1, 0.15) is 11.4 Å². The summed E-state index contributed by atoms with van der Waals surface area (Å²) >= 11 is 0. The number of hydrogen-bond donors (Lipinski definition) is 4. The van der Waals surface area contributed by atoms with E-state index in [1.54, 1.807) is 24.5 Å². The molecule has 0 spiro atoms. The van der Waals surface area contributed by atoms with E-state index in [1.165, 1.54) is 5.56 Å². The van der Waals surface area contributed by atoms with Gasteiger partial charge in [0.15, 0.2) is 0 Å². The normalized spacial score (nSPS) is 18.3. The molecule has 1 saturated carbocycles. The van der Waals surface area contributed by atoms with Crippen molar-refractivity contribution in [2.45, 2.75) is 44.2 Å². The Bertz CT molecular complexity index is 1130. The molecule has 2 heterocycles. The molecular weight excluding hydrogens is 394 g/mol. The summed E-state index contributed by atoms with van der Waals surface area (Å²) in [6.45, 7) is 0.320. The van der Waals surface area contributed by atoms with Crippen molar-refractivity contribution in [3.8, 4) is 0 Å². The third kappa shape index (κ3) is 5.09. The molecule has 31 heavy (non-hydrogen) atoms. The minimum Gasteiger partial charge on any atom is -0.375 e. The van der Waals surface area contributed by atoms with Crippen molar-refractivity contribution in [1.29, 1.82) is 0 Å². The number of benzene rings is 1. The van der Waals surface area contributed by atoms with Crippen LogP contribution in [0, 0.1) is 0 Å². The van der Waals surface area contributed by atoms with Crippen LogP contribution in [-0.4, -0.2) is 26.9 Å². The van der Waals surface area contributed by atoms with Crippen LogP contribution in [0.3, 0.4) is 0 Å². The van der Waals surface area contributed by atoms with E-state index in [0.29, 0.717) is 12.5 Å². The average Bonchev–Trinajstić information content (AvgIpc) is 2.80. The number of hydrogen-bond acceptors (Lipinski definition) is 5. The summed E-state index contributed by atoms with van der Waals surface area (Å²) in [5, 5.41) is 5.96. The molecular formula is C23H25N5O3. The van der Waals surface area contributed by atoms with Crippen LogP contribution >= 0.6 is 0 Å². The lowest BCUT2D eigenvalue weighted by molar-refractivity contribution is 0.0921. The van der Waals surface area contributed by atoms with Crippen LogP contribution in [0.4, 0.5) is 5.69 Å². The van der Waals surface area contributed by atoms with Gasteiger partial charge in [0, 0.05) is 25.0 Å². The van der Waals surface area contributed by atoms with Crippen LogP contribution < -0.4 is 21.9 Å². The number of carbonyl (C=O) groups is 1. The number of anilines is 1. The first-order chi connectivity index (χ1) is 15.1. The Hall–Kier alpha value is -3.68. The van der Waals surface area contributed by atoms with Crippen LogP contribution in [0.1, 0.15) is 53.2 Å². The van der Waals surface area contributed by atoms with Crippen molar-refractivity contribution in [3.63, 3.8) is 0 Å². The van der Waals surface area contributed by atoms with Crippen LogP contribution in [0.5, 0.6) is 0 Å². The molecule has 1 amide bonds. The van der Waals surface area contributed by atoms with E-state index in [4.69, 9.17) is 0 Å². The number of H-pyrrole nitrogens is 2. The van der Waals surface area contributed by atoms with Crippen molar-refractivity contribution >= 4 is 11.6 Å². The first-order valence-electron chi connectivity index (χ1n) is 10.5. The Morgan fingerprint density at radius 3 is 2.39 bits per heavy atom. The van der Waals surface area contributed by atoms with Crippen LogP contribution in [0.25, 0.3) is 0 Å². The molecule has 1 aliphatic carbocycles. The van der Waals surface area contributed by atoms with E-state index in [-0.39, 0.29) is 17.4 Å². The number of aromatic nitrogens is 3. The Morgan fingerprint density at radius 1 is 0.968 bits per heavy atom. The second kappa shape index (κ2) is 9.42. The molecule has 0 radical (unpaired) electrons. The molecule has 8 nitrogen and oxygen atoms in total. The fourth-order valence-corrected chi connectivity index (χ4v) is 4.07. The highest BCUT2D eigenvalue weighted by atomic mass is 16.2. The highest BCUT2D eigenvalue weighted by Gasteiger charge is 2.25. The first-order valence-corrected chi connectivity index (χ1v) is 10.5. The fraction of sp³-hybridized carbons (Fsp3) is 0.304. The van der Waals surface area contributed by atoms with Crippen molar-refractivity contribution in [1.82, 2.24) is 20.3 Å². The molecule has 0 atom stereocenters. The van der Waals surface area contributed by atoms with Gasteiger partial charge in [0.25, 0.3) is 11.5 Å². The van der Waals surface area contributed by atoms with Gasteiger partial charge in [0.05, 0.1) is 0 Å². The molecule has 2 aromatic heterocycles. The van der Waals surface area contributed by atoms with Crippen molar-refractivity contribution in [2.75, 3.05) is 5.32 Å². The highest BCUT2D eigenvalue weighted by Crippen LogP contribution is 2.32. The monoisotopic (exact) mass is 419 g/mol. The Balaban J connectivity index is 1.43. The number of nitrogens with one attached hydrogen (secondary N) is 4. The van der Waals surface area contributed by atoms with E-state index >= 15 is 0 Å². The number of rotatable bonds is 6. The Labute approximate surface area is 179 Å². The topological polar surface area (TPSA) is 120 Å². The molecule has 0 saturated heterocycles. The van der Waals surface area contributed by atoms with Crippen molar-refractivity contribution in [2.24, 2.45) is 0 Å². The van der Waals surface area contributed by atoms with Gasteiger partial charge in [-0.3, -0.25) is 19.6 Å². The van der Waals surface area contributed by atoms with Gasteiger partial charge in [-0.15, -0.1) is 0 Å². The maximum absolute atomic E-state index is 12.9. The number of pyridine rings is 1. The Morgan fingerprint density at radius 2 is 1.68 bits per heavy atom. The van der Waals surface area contributed by atoms with Gasteiger partial charge < -0.3 is 15.6 Å². The predicted molar refractivity (Wildman–Crippen MR) is 118 cm³/mol. The molecule has 4 rings (SSSR count). The van der Waals surface area contributed by atoms with Gasteiger partial charge in [-0.1, -0.05) is 30.3 Å². The summed E-state index contributed by atoms with van der Waals surface area (Å²) in [7, 11) is 0. The van der Waals surface area contributed by atoms with Gasteiger partial charge in [-0.2, -0.15) is 0 Å². The quantitative estimate of drug-likeness (QED) is 0.489. The number of nitrogens with zero attached hydrogens (tertiary/aromatic N) is 1. The second-order valence-corrected chi connectivity index (χ2v) is 7.80. The van der Waals surface area contributed by atoms with Gasteiger partial charge >= 0.3 is 5.69 Å². The lowest BCUT2D eigenvalue weighted by Gasteiger charge is -2.29. The van der Waals surface area contributed by atoms with E-state index in [0.717, 1.165) is 31.2 Å². The SMILES string of the molecule is O=C(N[C@H]1CC[C@@H](c2ccccc2)CC1)c1[nH]c(=O)[nH]c(=O)c1NCc1ccncc1. The second-order valence-electron chi connectivity index (χ2n) is 7.80. The predicted octanol–water partition coefficient (Wildman–Crippen LogP) is 2.53. The summed E-state index contributed by atoms with van der Waals surface area (Å²) in [6, 6.07) is 14.0. The molecule has 8 heteroatoms. The third-order valence-electron chi connectivity index (χ3n) is 5.72. The summed E-state index contributed by atoms with van der Waals surface area (Å²) in [5.41, 5.74) is 0.882. The standard InChI is InChI=1S/C23H25N5O3/c29-21-19(25-14-15-10-12-24-13-11-15)20(27-23(31)28-21)22(30)26-18-8-6-17(7-9-18)16-4-2-1-3-5-16/h1-5,10-13,17-18,25H,6-9,14H2,(H,26,30)(H2,27,28,29,31)/t17-,18+. The highest BCUT2D eigenvalue weighted by molar-refractivity contribution is 5.97. The van der Waals surface area contributed by atoms with Gasteiger partial charge in [-0.05, 0) is 54.9 Å². The zero-order valence-corrected chi connectivity index (χ0v) is 17.1. The summed E-state index contributed by atoms with van der Waals surface area (Å²) < 4.78 is 0. The first kappa shape index (κ1) is 20.6. The van der Waals surface area contributed by atoms with Gasteiger partial charge in [-0.25, -0.2) is 4.79 Å². The van der Waals surface area contributed by atoms with E-state index < -0.39 is 17.2 Å². The summed E-state index contributed by atoms with van der Waals surface area (Å²) in [4.78, 5) is 45.7. The minimum atomic E-state index is -0.711. The molecule has 0 aliphatic heterocycles. The number of carbonyl (C=O) groups excluding carboxylic acids is 1. The maximum atomic E-state index is 12.9. The average molecular weight is 419 g/mol. The van der Waals surface area contributed by atoms with Gasteiger partial charge in [0.2, 0.25) is 0 Å². The lowest BCUT2D eigenvalue weighted by Crippen LogP contribution is -2.40. The molecule has 4 N–H and O–H groups in total. The third-order valence-corrected chi connectivity index (χ3v) is 5.72. The van der Waals surface area contributed by atoms with E-state index in [1.807, 2.05) is 18.2 Å². The molecule has 1 aromatic carbocycles. The van der Waals surface area contributed by atoms with Crippen molar-refractivity contribution < 1.29 is 4.79 Å². The molecule has 0 bridgehead atoms. The fourth-order valence-electron chi connectivity index (χ4n) is 4.07. The summed E-state index contributed by atoms with van der Waals surface area (Å²) in [6.07, 6.45) is 6.94. The largest absolute Gasteiger partial charge is 0.375 e. The zero-order chi connectivity index (χ0) is 21.6. The van der Waals surface area contributed by atoms with E-state index in [2.05, 4.69) is 37.7 Å². The van der Waals surface area contributed by atoms with Crippen LogP contribution in [-0.2, 0) is 6.54 Å². The smallest absolute Gasteiger partial charge is 0.326 e. The lowest BCUT2D eigenvalue weighted by atomic mass is 9.82. The molecule has 1 aliphatic rings. The van der Waals surface area contributed by atoms with Crippen LogP contribution in [0.2, 0.25) is 0 Å². The van der Waals surface area contributed by atoms with Crippen LogP contribution in [0.15, 0.2) is 64.4 Å². The van der Waals surface area contributed by atoms with Crippen molar-refractivity contribution in [3.05, 3.63) is 92.5 Å². The number of aromatic amines is 2. The molecule has 160 valence electrons. The maximum Gasteiger partial charge on any atom is 0.326 e. The van der Waals surface area contributed by atoms with E-state index in [9.17, 15) is 14.4 Å². The molecule has 0 unspecified atom stereocenters. The zero-order valence-electron chi connectivity index (χ0n) is 17.1. The minimum absolute atomic E-state index is 0.00306. The Kier molecular flexibility index (Phi) is 6.26. The molecule has 3 aromatic rings. The number of amides is 1. The summed E-state index contributed by atoms with van der Waals surface area (Å²) in [5.74, 6) is 0.0370.